The Bertz CT molecular complexity index is 831. The first-order valence-corrected chi connectivity index (χ1v) is 9.52. The van der Waals surface area contributed by atoms with Crippen LogP contribution in [0.25, 0.3) is 0 Å². The van der Waals surface area contributed by atoms with Crippen LogP contribution in [-0.2, 0) is 23.9 Å². The van der Waals surface area contributed by atoms with Crippen molar-refractivity contribution in [1.29, 1.82) is 0 Å². The van der Waals surface area contributed by atoms with E-state index in [9.17, 15) is 14.4 Å². The molecule has 1 fully saturated rings. The molecule has 2 aromatic rings. The fourth-order valence-corrected chi connectivity index (χ4v) is 3.86. The van der Waals surface area contributed by atoms with Crippen LogP contribution in [0.5, 0.6) is 0 Å². The Balaban J connectivity index is 1.91. The lowest BCUT2D eigenvalue weighted by Gasteiger charge is -2.24. The lowest BCUT2D eigenvalue weighted by atomic mass is 9.80. The van der Waals surface area contributed by atoms with Crippen LogP contribution >= 0.6 is 0 Å². The first-order chi connectivity index (χ1) is 13.5. The Morgan fingerprint density at radius 1 is 1.00 bits per heavy atom. The zero-order valence-electron chi connectivity index (χ0n) is 16.0. The van der Waals surface area contributed by atoms with E-state index in [1.54, 1.807) is 6.92 Å². The summed E-state index contributed by atoms with van der Waals surface area (Å²) in [6, 6.07) is 19.3. The number of ether oxygens (including phenoxy) is 2. The van der Waals surface area contributed by atoms with Crippen LogP contribution in [0.2, 0.25) is 0 Å². The summed E-state index contributed by atoms with van der Waals surface area (Å²) < 4.78 is 10.2. The molecular formula is C23H24O5. The van der Waals surface area contributed by atoms with Crippen molar-refractivity contribution in [3.8, 4) is 0 Å². The summed E-state index contributed by atoms with van der Waals surface area (Å²) >= 11 is 0. The predicted octanol–water partition coefficient (Wildman–Crippen LogP) is 3.64. The lowest BCUT2D eigenvalue weighted by molar-refractivity contribution is -0.169. The van der Waals surface area contributed by atoms with Crippen molar-refractivity contribution in [3.63, 3.8) is 0 Å². The molecule has 5 nitrogen and oxygen atoms in total. The minimum atomic E-state index is -1.05. The summed E-state index contributed by atoms with van der Waals surface area (Å²) in [5, 5.41) is 0. The van der Waals surface area contributed by atoms with E-state index in [2.05, 4.69) is 0 Å². The second-order valence-corrected chi connectivity index (χ2v) is 6.93. The van der Waals surface area contributed by atoms with Gasteiger partial charge in [0, 0.05) is 12.3 Å². The molecule has 0 aliphatic heterocycles. The molecule has 146 valence electrons. The quantitative estimate of drug-likeness (QED) is 0.565. The first-order valence-electron chi connectivity index (χ1n) is 9.52. The van der Waals surface area contributed by atoms with Crippen LogP contribution in [0.1, 0.15) is 43.2 Å². The maximum atomic E-state index is 12.9. The zero-order valence-corrected chi connectivity index (χ0v) is 16.0. The van der Waals surface area contributed by atoms with Crippen LogP contribution in [0.15, 0.2) is 60.7 Å². The Kier molecular flexibility index (Phi) is 6.24. The van der Waals surface area contributed by atoms with E-state index in [0.29, 0.717) is 0 Å². The molecule has 1 aliphatic carbocycles. The molecule has 0 spiro atoms. The Hall–Kier alpha value is -2.95. The van der Waals surface area contributed by atoms with Gasteiger partial charge in [-0.3, -0.25) is 9.59 Å². The fourth-order valence-electron chi connectivity index (χ4n) is 3.86. The van der Waals surface area contributed by atoms with Crippen LogP contribution in [0.3, 0.4) is 0 Å². The van der Waals surface area contributed by atoms with Crippen molar-refractivity contribution in [2.45, 2.75) is 38.2 Å². The number of rotatable bonds is 6. The standard InChI is InChI=1S/C23H24O5/c1-3-27-22(25)15(2)28-23(26)21-19(24)14-18(16-10-6-4-7-11-16)20(21)17-12-8-5-9-13-17/h4-13,15,18,20-21H,3,14H2,1-2H3/t15-,18-,20-,21+/m0/s1. The van der Waals surface area contributed by atoms with E-state index >= 15 is 0 Å². The van der Waals surface area contributed by atoms with Gasteiger partial charge in [-0.25, -0.2) is 4.79 Å². The van der Waals surface area contributed by atoms with Gasteiger partial charge in [0.25, 0.3) is 0 Å². The molecule has 0 heterocycles. The van der Waals surface area contributed by atoms with Gasteiger partial charge >= 0.3 is 11.9 Å². The third-order valence-corrected chi connectivity index (χ3v) is 5.14. The van der Waals surface area contributed by atoms with Gasteiger partial charge in [0.15, 0.2) is 6.10 Å². The number of benzene rings is 2. The number of esters is 2. The van der Waals surface area contributed by atoms with Gasteiger partial charge in [0.05, 0.1) is 6.61 Å². The van der Waals surface area contributed by atoms with Crippen LogP contribution in [-0.4, -0.2) is 30.4 Å². The van der Waals surface area contributed by atoms with Crippen molar-refractivity contribution in [1.82, 2.24) is 0 Å². The minimum Gasteiger partial charge on any atom is -0.463 e. The molecule has 0 bridgehead atoms. The number of Topliss-reactive ketones (excluding diaryl/α,β-unsaturated/α-hetero) is 1. The van der Waals surface area contributed by atoms with Gasteiger partial charge < -0.3 is 9.47 Å². The molecule has 2 aromatic carbocycles. The topological polar surface area (TPSA) is 69.7 Å². The molecule has 5 heteroatoms. The van der Waals surface area contributed by atoms with Gasteiger partial charge in [0.2, 0.25) is 0 Å². The molecule has 0 amide bonds. The van der Waals surface area contributed by atoms with Gasteiger partial charge in [0.1, 0.15) is 11.7 Å². The normalized spacial score (nSPS) is 22.5. The molecule has 4 atom stereocenters. The highest BCUT2D eigenvalue weighted by molar-refractivity contribution is 6.03. The van der Waals surface area contributed by atoms with Gasteiger partial charge in [-0.2, -0.15) is 0 Å². The van der Waals surface area contributed by atoms with Crippen molar-refractivity contribution in [2.24, 2.45) is 5.92 Å². The molecule has 3 rings (SSSR count). The summed E-state index contributed by atoms with van der Waals surface area (Å²) in [5.74, 6) is -2.84. The molecule has 0 radical (unpaired) electrons. The average Bonchev–Trinajstić information content (AvgIpc) is 3.06. The Morgan fingerprint density at radius 3 is 2.14 bits per heavy atom. The summed E-state index contributed by atoms with van der Waals surface area (Å²) in [4.78, 5) is 37.6. The molecule has 28 heavy (non-hydrogen) atoms. The Morgan fingerprint density at radius 2 is 1.57 bits per heavy atom. The molecule has 0 unspecified atom stereocenters. The van der Waals surface area contributed by atoms with Crippen molar-refractivity contribution in [2.75, 3.05) is 6.61 Å². The molecule has 1 saturated carbocycles. The number of hydrogen-bond acceptors (Lipinski definition) is 5. The molecule has 0 aromatic heterocycles. The number of carbonyl (C=O) groups excluding carboxylic acids is 3. The highest BCUT2D eigenvalue weighted by atomic mass is 16.6. The second-order valence-electron chi connectivity index (χ2n) is 6.93. The third kappa shape index (κ3) is 4.14. The molecular weight excluding hydrogens is 356 g/mol. The Labute approximate surface area is 164 Å². The van der Waals surface area contributed by atoms with Crippen LogP contribution in [0, 0.1) is 5.92 Å². The summed E-state index contributed by atoms with van der Waals surface area (Å²) in [6.07, 6.45) is -0.788. The van der Waals surface area contributed by atoms with Crippen LogP contribution < -0.4 is 0 Å². The third-order valence-electron chi connectivity index (χ3n) is 5.14. The smallest absolute Gasteiger partial charge is 0.347 e. The summed E-state index contributed by atoms with van der Waals surface area (Å²) in [7, 11) is 0. The predicted molar refractivity (Wildman–Crippen MR) is 104 cm³/mol. The number of ketones is 1. The molecule has 1 aliphatic rings. The van der Waals surface area contributed by atoms with Gasteiger partial charge in [-0.15, -0.1) is 0 Å². The number of hydrogen-bond donors (Lipinski definition) is 0. The monoisotopic (exact) mass is 380 g/mol. The highest BCUT2D eigenvalue weighted by Gasteiger charge is 2.49. The zero-order chi connectivity index (χ0) is 20.1. The van der Waals surface area contributed by atoms with Crippen molar-refractivity contribution in [3.05, 3.63) is 71.8 Å². The lowest BCUT2D eigenvalue weighted by Crippen LogP contribution is -2.33. The summed E-state index contributed by atoms with van der Waals surface area (Å²) in [6.45, 7) is 3.34. The van der Waals surface area contributed by atoms with Crippen molar-refractivity contribution >= 4 is 17.7 Å². The van der Waals surface area contributed by atoms with Gasteiger partial charge in [-0.05, 0) is 30.9 Å². The van der Waals surface area contributed by atoms with E-state index in [0.717, 1.165) is 11.1 Å². The van der Waals surface area contributed by atoms with Crippen molar-refractivity contribution < 1.29 is 23.9 Å². The average molecular weight is 380 g/mol. The largest absolute Gasteiger partial charge is 0.463 e. The molecule has 0 N–H and O–H groups in total. The summed E-state index contributed by atoms with van der Waals surface area (Å²) in [5.41, 5.74) is 1.92. The first kappa shape index (κ1) is 19.8. The fraction of sp³-hybridized carbons (Fsp3) is 0.348. The maximum absolute atomic E-state index is 12.9. The maximum Gasteiger partial charge on any atom is 0.347 e. The SMILES string of the molecule is CCOC(=O)[C@H](C)OC(=O)[C@@H]1C(=O)C[C@@H](c2ccccc2)[C@@H]1c1ccccc1. The van der Waals surface area contributed by atoms with E-state index < -0.39 is 24.0 Å². The minimum absolute atomic E-state index is 0.119. The van der Waals surface area contributed by atoms with E-state index in [1.807, 2.05) is 60.7 Å². The number of carbonyl (C=O) groups is 3. The van der Waals surface area contributed by atoms with E-state index in [4.69, 9.17) is 9.47 Å². The van der Waals surface area contributed by atoms with Gasteiger partial charge in [-0.1, -0.05) is 60.7 Å². The van der Waals surface area contributed by atoms with Crippen LogP contribution in [0.4, 0.5) is 0 Å². The van der Waals surface area contributed by atoms with E-state index in [1.165, 1.54) is 6.92 Å². The second kappa shape index (κ2) is 8.83. The molecule has 0 saturated heterocycles. The van der Waals surface area contributed by atoms with E-state index in [-0.39, 0.29) is 30.6 Å². The highest BCUT2D eigenvalue weighted by Crippen LogP contribution is 2.48.